The van der Waals surface area contributed by atoms with Gasteiger partial charge in [0.2, 0.25) is 5.91 Å². The van der Waals surface area contributed by atoms with Crippen molar-refractivity contribution in [3.63, 3.8) is 0 Å². The number of nitrogens with zero attached hydrogens (tertiary/aromatic N) is 3. The standard InChI is InChI=1S/C25H25B3N4O4S/c1-14(2)9-16-10-18-21(11-20(16)35-4)36-12-19-22(30-32(23(18)19)17-5-8-37-13-17)24(34)29-6-7-31(15(3)33)25(26,27)28/h5,8-11,13H,6-7,12H2,1-4H3,(H,29,34). The average Bonchev–Trinajstić information content (AvgIpc) is 3.47. The number of rotatable bonds is 8. The Balaban J connectivity index is 1.74. The molecule has 8 nitrogen and oxygen atoms in total. The summed E-state index contributed by atoms with van der Waals surface area (Å²) in [7, 11) is 18.6. The number of allylic oxidation sites excluding steroid dienone is 1. The first-order chi connectivity index (χ1) is 17.5. The van der Waals surface area contributed by atoms with Crippen LogP contribution in [0.25, 0.3) is 23.0 Å². The highest BCUT2D eigenvalue weighted by Gasteiger charge is 2.31. The lowest BCUT2D eigenvalue weighted by molar-refractivity contribution is -0.129. The van der Waals surface area contributed by atoms with Gasteiger partial charge in [0, 0.05) is 48.2 Å². The molecule has 0 saturated carbocycles. The van der Waals surface area contributed by atoms with E-state index in [-0.39, 0.29) is 25.4 Å². The van der Waals surface area contributed by atoms with Crippen molar-refractivity contribution in [2.45, 2.75) is 32.6 Å². The lowest BCUT2D eigenvalue weighted by Crippen LogP contribution is -2.55. The van der Waals surface area contributed by atoms with Crippen molar-refractivity contribution in [1.29, 1.82) is 0 Å². The normalized spacial score (nSPS) is 12.1. The summed E-state index contributed by atoms with van der Waals surface area (Å²) in [5.41, 5.74) is 5.27. The van der Waals surface area contributed by atoms with Crippen LogP contribution < -0.4 is 14.8 Å². The smallest absolute Gasteiger partial charge is 0.272 e. The van der Waals surface area contributed by atoms with Gasteiger partial charge in [-0.2, -0.15) is 16.4 Å². The molecule has 37 heavy (non-hydrogen) atoms. The number of hydrogen-bond donors (Lipinski definition) is 1. The van der Waals surface area contributed by atoms with Gasteiger partial charge in [0.1, 0.15) is 18.1 Å². The molecule has 184 valence electrons. The molecule has 0 bridgehead atoms. The van der Waals surface area contributed by atoms with Gasteiger partial charge in [0.05, 0.1) is 42.0 Å². The first kappa shape index (κ1) is 26.7. The van der Waals surface area contributed by atoms with Crippen LogP contribution in [0, 0.1) is 0 Å². The third-order valence-corrected chi connectivity index (χ3v) is 6.49. The Morgan fingerprint density at radius 2 is 2.05 bits per heavy atom. The van der Waals surface area contributed by atoms with Crippen molar-refractivity contribution in [3.8, 4) is 28.4 Å². The van der Waals surface area contributed by atoms with Crippen molar-refractivity contribution in [2.75, 3.05) is 20.2 Å². The summed E-state index contributed by atoms with van der Waals surface area (Å²) < 4.78 is 13.4. The molecule has 4 rings (SSSR count). The van der Waals surface area contributed by atoms with Crippen LogP contribution in [0.2, 0.25) is 0 Å². The molecule has 1 N–H and O–H groups in total. The zero-order valence-electron chi connectivity index (χ0n) is 21.2. The summed E-state index contributed by atoms with van der Waals surface area (Å²) >= 11 is 1.53. The van der Waals surface area contributed by atoms with Crippen LogP contribution in [0.15, 0.2) is 34.5 Å². The second-order valence-electron chi connectivity index (χ2n) is 8.98. The van der Waals surface area contributed by atoms with Crippen LogP contribution in [0.5, 0.6) is 11.5 Å². The molecule has 0 saturated heterocycles. The molecule has 2 amide bonds. The fourth-order valence-corrected chi connectivity index (χ4v) is 4.85. The van der Waals surface area contributed by atoms with E-state index in [1.807, 2.05) is 48.9 Å². The van der Waals surface area contributed by atoms with Crippen molar-refractivity contribution < 1.29 is 19.1 Å². The van der Waals surface area contributed by atoms with E-state index in [1.54, 1.807) is 11.8 Å². The average molecular weight is 510 g/mol. The summed E-state index contributed by atoms with van der Waals surface area (Å²) in [5.74, 6) is 0.499. The second kappa shape index (κ2) is 10.5. The minimum absolute atomic E-state index is 0.0309. The number of aromatic nitrogens is 2. The molecule has 3 heterocycles. The van der Waals surface area contributed by atoms with Gasteiger partial charge in [-0.1, -0.05) is 16.9 Å². The van der Waals surface area contributed by atoms with E-state index in [0.717, 1.165) is 33.0 Å². The highest BCUT2D eigenvalue weighted by Crippen LogP contribution is 2.44. The Morgan fingerprint density at radius 1 is 1.30 bits per heavy atom. The number of hydrogen-bond acceptors (Lipinski definition) is 6. The molecule has 0 unspecified atom stereocenters. The molecule has 0 atom stereocenters. The van der Waals surface area contributed by atoms with E-state index < -0.39 is 17.1 Å². The van der Waals surface area contributed by atoms with Gasteiger partial charge >= 0.3 is 0 Å². The van der Waals surface area contributed by atoms with E-state index in [1.165, 1.54) is 18.3 Å². The van der Waals surface area contributed by atoms with Crippen LogP contribution in [0.3, 0.4) is 0 Å². The van der Waals surface area contributed by atoms with Crippen LogP contribution in [-0.4, -0.2) is 75.5 Å². The fraction of sp³-hybridized carbons (Fsp3) is 0.320. The molecule has 0 spiro atoms. The highest BCUT2D eigenvalue weighted by atomic mass is 32.1. The summed E-state index contributed by atoms with van der Waals surface area (Å²) in [6.07, 6.45) is 2.03. The Morgan fingerprint density at radius 3 is 2.65 bits per heavy atom. The van der Waals surface area contributed by atoms with E-state index in [4.69, 9.17) is 33.0 Å². The molecule has 1 aliphatic rings. The minimum Gasteiger partial charge on any atom is -0.496 e. The highest BCUT2D eigenvalue weighted by molar-refractivity contribution is 7.08. The summed E-state index contributed by atoms with van der Waals surface area (Å²) in [6.45, 7) is 5.58. The van der Waals surface area contributed by atoms with Gasteiger partial charge in [-0.25, -0.2) is 4.68 Å². The molecule has 2 aromatic heterocycles. The van der Waals surface area contributed by atoms with Gasteiger partial charge in [-0.05, 0) is 31.4 Å². The van der Waals surface area contributed by atoms with E-state index >= 15 is 0 Å². The third-order valence-electron chi connectivity index (χ3n) is 5.82. The minimum atomic E-state index is -1.84. The van der Waals surface area contributed by atoms with Gasteiger partial charge < -0.3 is 19.7 Å². The number of carbonyl (C=O) groups excluding carboxylic acids is 2. The van der Waals surface area contributed by atoms with Crippen LogP contribution in [0.4, 0.5) is 0 Å². The predicted octanol–water partition coefficient (Wildman–Crippen LogP) is 2.62. The maximum Gasteiger partial charge on any atom is 0.272 e. The van der Waals surface area contributed by atoms with Gasteiger partial charge in [0.25, 0.3) is 5.91 Å². The number of thiophene rings is 1. The second-order valence-corrected chi connectivity index (χ2v) is 9.76. The van der Waals surface area contributed by atoms with Gasteiger partial charge in [-0.15, -0.1) is 0 Å². The van der Waals surface area contributed by atoms with Crippen molar-refractivity contribution in [3.05, 3.63) is 51.4 Å². The predicted molar refractivity (Wildman–Crippen MR) is 147 cm³/mol. The van der Waals surface area contributed by atoms with E-state index in [9.17, 15) is 9.59 Å². The molecule has 6 radical (unpaired) electrons. The Bertz CT molecular complexity index is 1360. The zero-order chi connectivity index (χ0) is 26.9. The molecule has 1 aliphatic heterocycles. The van der Waals surface area contributed by atoms with Crippen molar-refractivity contribution in [2.24, 2.45) is 0 Å². The number of carbonyl (C=O) groups is 2. The quantitative estimate of drug-likeness (QED) is 0.472. The SMILES string of the molecule is [B]C([B])([B])N(CCNC(=O)c1nn(-c2ccsc2)c2c1COc1cc(OC)c(C=C(C)C)cc1-2)C(C)=O. The first-order valence-corrected chi connectivity index (χ1v) is 12.5. The lowest BCUT2D eigenvalue weighted by atomic mass is 9.48. The maximum atomic E-state index is 13.3. The van der Waals surface area contributed by atoms with Crippen LogP contribution >= 0.6 is 11.3 Å². The monoisotopic (exact) mass is 510 g/mol. The molecule has 0 aliphatic carbocycles. The largest absolute Gasteiger partial charge is 0.496 e. The molecule has 0 fully saturated rings. The maximum absolute atomic E-state index is 13.3. The lowest BCUT2D eigenvalue weighted by Gasteiger charge is -2.36. The number of fused-ring (bicyclic) bond motifs is 3. The molecule has 12 heteroatoms. The number of benzene rings is 1. The topological polar surface area (TPSA) is 85.7 Å². The third kappa shape index (κ3) is 5.49. The summed E-state index contributed by atoms with van der Waals surface area (Å²) in [6, 6.07) is 5.77. The number of methoxy groups -OCH3 is 1. The van der Waals surface area contributed by atoms with E-state index in [0.29, 0.717) is 17.1 Å². The summed E-state index contributed by atoms with van der Waals surface area (Å²) in [5, 5.41) is 9.53. The van der Waals surface area contributed by atoms with Gasteiger partial charge in [-0.3, -0.25) is 9.59 Å². The fourth-order valence-electron chi connectivity index (χ4n) is 4.23. The van der Waals surface area contributed by atoms with Crippen LogP contribution in [-0.2, 0) is 11.4 Å². The zero-order valence-corrected chi connectivity index (χ0v) is 22.0. The molecule has 3 aromatic rings. The Labute approximate surface area is 224 Å². The number of nitrogens with one attached hydrogen (secondary N) is 1. The summed E-state index contributed by atoms with van der Waals surface area (Å²) in [4.78, 5) is 26.2. The first-order valence-electron chi connectivity index (χ1n) is 11.6. The van der Waals surface area contributed by atoms with Crippen molar-refractivity contribution in [1.82, 2.24) is 20.0 Å². The van der Waals surface area contributed by atoms with E-state index in [2.05, 4.69) is 10.4 Å². The van der Waals surface area contributed by atoms with Crippen molar-refractivity contribution >= 4 is 52.8 Å². The van der Waals surface area contributed by atoms with Crippen LogP contribution in [0.1, 0.15) is 42.4 Å². The molecule has 1 aromatic carbocycles. The van der Waals surface area contributed by atoms with Gasteiger partial charge in [0.15, 0.2) is 5.69 Å². The molecular formula is C25H25B3N4O4S. The molecular weight excluding hydrogens is 485 g/mol. The number of amides is 2. The Kier molecular flexibility index (Phi) is 7.59. The Hall–Kier alpha value is -3.40. The number of ether oxygens (including phenoxy) is 2.